The van der Waals surface area contributed by atoms with Crippen LogP contribution in [-0.2, 0) is 11.2 Å². The van der Waals surface area contributed by atoms with Gasteiger partial charge in [0.15, 0.2) is 5.13 Å². The standard InChI is InChI=1S/C17H14N4OS2/c1-10-16(24-17(19-10)20-11(2)22)14-9-23-15(21-14)7-12-4-3-5-13(6-12)8-18/h3-6,9H,7H2,1-2H3,(H,19,20,22). The lowest BCUT2D eigenvalue weighted by molar-refractivity contribution is -0.114. The van der Waals surface area contributed by atoms with Crippen LogP contribution in [0.3, 0.4) is 0 Å². The molecule has 0 unspecified atom stereocenters. The third-order valence-corrected chi connectivity index (χ3v) is 5.22. The molecule has 3 aromatic rings. The van der Waals surface area contributed by atoms with E-state index in [1.807, 2.05) is 30.5 Å². The van der Waals surface area contributed by atoms with Crippen molar-refractivity contribution in [2.24, 2.45) is 0 Å². The quantitative estimate of drug-likeness (QED) is 0.768. The van der Waals surface area contributed by atoms with Gasteiger partial charge in [-0.05, 0) is 24.6 Å². The summed E-state index contributed by atoms with van der Waals surface area (Å²) in [6.07, 6.45) is 0.691. The molecule has 1 N–H and O–H groups in total. The molecule has 24 heavy (non-hydrogen) atoms. The van der Waals surface area contributed by atoms with E-state index < -0.39 is 0 Å². The topological polar surface area (TPSA) is 78.7 Å². The Morgan fingerprint density at radius 3 is 2.96 bits per heavy atom. The molecule has 1 aromatic carbocycles. The highest BCUT2D eigenvalue weighted by atomic mass is 32.1. The first kappa shape index (κ1) is 16.3. The third kappa shape index (κ3) is 3.67. The van der Waals surface area contributed by atoms with E-state index in [1.165, 1.54) is 18.3 Å². The molecule has 3 rings (SSSR count). The Morgan fingerprint density at radius 1 is 1.38 bits per heavy atom. The fourth-order valence-corrected chi connectivity index (χ4v) is 4.13. The van der Waals surface area contributed by atoms with Gasteiger partial charge in [-0.1, -0.05) is 23.5 Å². The average Bonchev–Trinajstić information content (AvgIpc) is 3.13. The summed E-state index contributed by atoms with van der Waals surface area (Å²) in [6.45, 7) is 3.37. The zero-order valence-corrected chi connectivity index (χ0v) is 14.8. The Balaban J connectivity index is 1.82. The lowest BCUT2D eigenvalue weighted by atomic mass is 10.1. The van der Waals surface area contributed by atoms with Crippen LogP contribution in [0.2, 0.25) is 0 Å². The van der Waals surface area contributed by atoms with Crippen LogP contribution in [-0.4, -0.2) is 15.9 Å². The zero-order valence-electron chi connectivity index (χ0n) is 13.2. The second-order valence-electron chi connectivity index (χ2n) is 5.23. The number of anilines is 1. The smallest absolute Gasteiger partial charge is 0.223 e. The van der Waals surface area contributed by atoms with Crippen molar-refractivity contribution < 1.29 is 4.79 Å². The van der Waals surface area contributed by atoms with Crippen LogP contribution in [0.25, 0.3) is 10.6 Å². The number of amides is 1. The number of rotatable bonds is 4. The Kier molecular flexibility index (Phi) is 4.69. The molecule has 5 nitrogen and oxygen atoms in total. The SMILES string of the molecule is CC(=O)Nc1nc(C)c(-c2csc(Cc3cccc(C#N)c3)n2)s1. The Morgan fingerprint density at radius 2 is 2.21 bits per heavy atom. The van der Waals surface area contributed by atoms with Crippen LogP contribution in [0.5, 0.6) is 0 Å². The van der Waals surface area contributed by atoms with Crippen molar-refractivity contribution in [1.29, 1.82) is 5.26 Å². The molecule has 2 aromatic heterocycles. The first-order chi connectivity index (χ1) is 11.5. The zero-order chi connectivity index (χ0) is 17.1. The van der Waals surface area contributed by atoms with Gasteiger partial charge in [-0.3, -0.25) is 4.79 Å². The molecule has 0 aliphatic rings. The highest BCUT2D eigenvalue weighted by Crippen LogP contribution is 2.33. The number of hydrogen-bond acceptors (Lipinski definition) is 6. The predicted octanol–water partition coefficient (Wildman–Crippen LogP) is 4.00. The van der Waals surface area contributed by atoms with Crippen molar-refractivity contribution in [2.75, 3.05) is 5.32 Å². The van der Waals surface area contributed by atoms with Crippen molar-refractivity contribution in [3.8, 4) is 16.6 Å². The molecule has 0 aliphatic carbocycles. The van der Waals surface area contributed by atoms with Crippen molar-refractivity contribution in [3.05, 3.63) is 51.5 Å². The number of nitriles is 1. The molecule has 0 atom stereocenters. The van der Waals surface area contributed by atoms with Crippen molar-refractivity contribution in [3.63, 3.8) is 0 Å². The molecule has 7 heteroatoms. The largest absolute Gasteiger partial charge is 0.302 e. The third-order valence-electron chi connectivity index (χ3n) is 3.28. The Labute approximate surface area is 147 Å². The van der Waals surface area contributed by atoms with Crippen LogP contribution in [0.15, 0.2) is 29.6 Å². The second-order valence-corrected chi connectivity index (χ2v) is 7.17. The second kappa shape index (κ2) is 6.91. The molecule has 0 saturated heterocycles. The van der Waals surface area contributed by atoms with E-state index in [1.54, 1.807) is 17.4 Å². The summed E-state index contributed by atoms with van der Waals surface area (Å²) in [6, 6.07) is 9.71. The fourth-order valence-electron chi connectivity index (χ4n) is 2.26. The maximum Gasteiger partial charge on any atom is 0.223 e. The van der Waals surface area contributed by atoms with E-state index in [9.17, 15) is 4.79 Å². The number of benzene rings is 1. The van der Waals surface area contributed by atoms with E-state index >= 15 is 0 Å². The first-order valence-corrected chi connectivity index (χ1v) is 8.93. The molecule has 1 amide bonds. The molecule has 0 fully saturated rings. The monoisotopic (exact) mass is 354 g/mol. The number of carbonyl (C=O) groups is 1. The normalized spacial score (nSPS) is 10.4. The number of nitrogens with one attached hydrogen (secondary N) is 1. The molecule has 2 heterocycles. The average molecular weight is 354 g/mol. The molecule has 0 radical (unpaired) electrons. The molecular weight excluding hydrogens is 340 g/mol. The van der Waals surface area contributed by atoms with Gasteiger partial charge < -0.3 is 5.32 Å². The van der Waals surface area contributed by atoms with Crippen molar-refractivity contribution in [2.45, 2.75) is 20.3 Å². The number of aryl methyl sites for hydroxylation is 1. The minimum Gasteiger partial charge on any atom is -0.302 e. The Bertz CT molecular complexity index is 936. The first-order valence-electron chi connectivity index (χ1n) is 7.24. The molecule has 0 bridgehead atoms. The number of carbonyl (C=O) groups excluding carboxylic acids is 1. The predicted molar refractivity (Wildman–Crippen MR) is 96.2 cm³/mol. The molecule has 0 spiro atoms. The van der Waals surface area contributed by atoms with Gasteiger partial charge in [0.1, 0.15) is 0 Å². The minimum atomic E-state index is -0.133. The summed E-state index contributed by atoms with van der Waals surface area (Å²) in [5, 5.41) is 15.3. The van der Waals surface area contributed by atoms with E-state index in [-0.39, 0.29) is 5.91 Å². The minimum absolute atomic E-state index is 0.133. The van der Waals surface area contributed by atoms with E-state index in [0.717, 1.165) is 26.8 Å². The van der Waals surface area contributed by atoms with Gasteiger partial charge in [-0.15, -0.1) is 11.3 Å². The lowest BCUT2D eigenvalue weighted by Gasteiger charge is -1.98. The van der Waals surface area contributed by atoms with Gasteiger partial charge >= 0.3 is 0 Å². The van der Waals surface area contributed by atoms with Gasteiger partial charge in [0.25, 0.3) is 0 Å². The van der Waals surface area contributed by atoms with Crippen molar-refractivity contribution >= 4 is 33.7 Å². The maximum atomic E-state index is 11.1. The van der Waals surface area contributed by atoms with Gasteiger partial charge in [0.2, 0.25) is 5.91 Å². The van der Waals surface area contributed by atoms with Gasteiger partial charge in [-0.25, -0.2) is 9.97 Å². The van der Waals surface area contributed by atoms with Crippen LogP contribution >= 0.6 is 22.7 Å². The summed E-state index contributed by atoms with van der Waals surface area (Å²) in [4.78, 5) is 21.1. The summed E-state index contributed by atoms with van der Waals surface area (Å²) >= 11 is 3.01. The summed E-state index contributed by atoms with van der Waals surface area (Å²) < 4.78 is 0. The Hall–Kier alpha value is -2.56. The van der Waals surface area contributed by atoms with Crippen LogP contribution in [0.4, 0.5) is 5.13 Å². The summed E-state index contributed by atoms with van der Waals surface area (Å²) in [5.74, 6) is -0.133. The lowest BCUT2D eigenvalue weighted by Crippen LogP contribution is -2.04. The van der Waals surface area contributed by atoms with Gasteiger partial charge in [0.05, 0.1) is 32.9 Å². The van der Waals surface area contributed by atoms with Gasteiger partial charge in [-0.2, -0.15) is 5.26 Å². The fraction of sp³-hybridized carbons (Fsp3) is 0.176. The molecule has 120 valence electrons. The number of hydrogen-bond donors (Lipinski definition) is 1. The van der Waals surface area contributed by atoms with E-state index in [4.69, 9.17) is 5.26 Å². The van der Waals surface area contributed by atoms with Crippen LogP contribution < -0.4 is 5.32 Å². The highest BCUT2D eigenvalue weighted by molar-refractivity contribution is 7.19. The van der Waals surface area contributed by atoms with Gasteiger partial charge in [0, 0.05) is 18.7 Å². The maximum absolute atomic E-state index is 11.1. The summed E-state index contributed by atoms with van der Waals surface area (Å²) in [7, 11) is 0. The highest BCUT2D eigenvalue weighted by Gasteiger charge is 2.14. The molecular formula is C17H14N4OS2. The number of nitrogens with zero attached hydrogens (tertiary/aromatic N) is 3. The molecule has 0 aliphatic heterocycles. The van der Waals surface area contributed by atoms with E-state index in [0.29, 0.717) is 17.1 Å². The van der Waals surface area contributed by atoms with Crippen molar-refractivity contribution in [1.82, 2.24) is 9.97 Å². The summed E-state index contributed by atoms with van der Waals surface area (Å²) in [5.41, 5.74) is 3.45. The number of aromatic nitrogens is 2. The van der Waals surface area contributed by atoms with E-state index in [2.05, 4.69) is 21.4 Å². The molecule has 0 saturated carbocycles. The van der Waals surface area contributed by atoms with Crippen LogP contribution in [0.1, 0.15) is 28.8 Å². The number of thiazole rings is 2. The van der Waals surface area contributed by atoms with Crippen LogP contribution in [0, 0.1) is 18.3 Å².